The third kappa shape index (κ3) is 6.49. The van der Waals surface area contributed by atoms with Gasteiger partial charge in [-0.3, -0.25) is 0 Å². The van der Waals surface area contributed by atoms with Gasteiger partial charge >= 0.3 is 0 Å². The summed E-state index contributed by atoms with van der Waals surface area (Å²) in [4.78, 5) is 4.76. The van der Waals surface area contributed by atoms with E-state index in [0.717, 1.165) is 32.7 Å². The molecule has 0 fully saturated rings. The number of aryl methyl sites for hydroxylation is 1. The van der Waals surface area contributed by atoms with Crippen molar-refractivity contribution in [3.63, 3.8) is 0 Å². The molecule has 1 N–H and O–H groups in total. The number of anilines is 1. The number of hydrogen-bond donors (Lipinski definition) is 1. The van der Waals surface area contributed by atoms with Gasteiger partial charge in [0.05, 0.1) is 0 Å². The Labute approximate surface area is 131 Å². The fourth-order valence-corrected chi connectivity index (χ4v) is 2.42. The van der Waals surface area contributed by atoms with Crippen LogP contribution in [0.25, 0.3) is 0 Å². The molecule has 0 amide bonds. The van der Waals surface area contributed by atoms with Crippen LogP contribution < -0.4 is 10.2 Å². The van der Waals surface area contributed by atoms with Crippen molar-refractivity contribution in [1.29, 1.82) is 0 Å². The van der Waals surface area contributed by atoms with Crippen molar-refractivity contribution >= 4 is 5.69 Å². The van der Waals surface area contributed by atoms with Gasteiger partial charge in [-0.25, -0.2) is 0 Å². The maximum absolute atomic E-state index is 3.41. The first kappa shape index (κ1) is 18.0. The van der Waals surface area contributed by atoms with Crippen LogP contribution in [-0.4, -0.2) is 45.2 Å². The number of likely N-dealkylation sites (N-methyl/N-ethyl adjacent to an activating group) is 1. The summed E-state index contributed by atoms with van der Waals surface area (Å²) in [6.45, 7) is 14.2. The molecule has 3 heteroatoms. The predicted molar refractivity (Wildman–Crippen MR) is 94.2 cm³/mol. The van der Waals surface area contributed by atoms with Gasteiger partial charge in [0, 0.05) is 31.9 Å². The van der Waals surface area contributed by atoms with E-state index in [1.807, 2.05) is 0 Å². The highest BCUT2D eigenvalue weighted by molar-refractivity contribution is 5.51. The van der Waals surface area contributed by atoms with E-state index in [4.69, 9.17) is 0 Å². The minimum atomic E-state index is 0.675. The summed E-state index contributed by atoms with van der Waals surface area (Å²) in [6, 6.07) is 6.89. The van der Waals surface area contributed by atoms with E-state index in [9.17, 15) is 0 Å². The van der Waals surface area contributed by atoms with E-state index in [1.54, 1.807) is 0 Å². The van der Waals surface area contributed by atoms with Crippen LogP contribution in [0, 0.1) is 12.8 Å². The molecule has 0 saturated heterocycles. The average Bonchev–Trinajstić information content (AvgIpc) is 2.41. The lowest BCUT2D eigenvalue weighted by atomic mass is 10.1. The van der Waals surface area contributed by atoms with Crippen LogP contribution in [-0.2, 0) is 6.54 Å². The summed E-state index contributed by atoms with van der Waals surface area (Å²) in [5.41, 5.74) is 4.13. The van der Waals surface area contributed by atoms with Crippen LogP contribution >= 0.6 is 0 Å². The molecule has 0 spiro atoms. The molecule has 1 aromatic rings. The van der Waals surface area contributed by atoms with Crippen LogP contribution in [0.4, 0.5) is 5.69 Å². The van der Waals surface area contributed by atoms with E-state index < -0.39 is 0 Å². The van der Waals surface area contributed by atoms with Gasteiger partial charge in [-0.05, 0) is 56.7 Å². The molecule has 3 nitrogen and oxygen atoms in total. The molecule has 0 radical (unpaired) electrons. The van der Waals surface area contributed by atoms with Gasteiger partial charge in [0.2, 0.25) is 0 Å². The van der Waals surface area contributed by atoms with Gasteiger partial charge in [0.25, 0.3) is 0 Å². The summed E-state index contributed by atoms with van der Waals surface area (Å²) in [5.74, 6) is 0.675. The number of rotatable bonds is 9. The highest BCUT2D eigenvalue weighted by Crippen LogP contribution is 2.20. The normalized spacial score (nSPS) is 11.4. The van der Waals surface area contributed by atoms with E-state index >= 15 is 0 Å². The average molecular weight is 291 g/mol. The van der Waals surface area contributed by atoms with Crippen LogP contribution in [0.2, 0.25) is 0 Å². The van der Waals surface area contributed by atoms with Gasteiger partial charge in [0.15, 0.2) is 0 Å². The Morgan fingerprint density at radius 1 is 1.14 bits per heavy atom. The fourth-order valence-electron chi connectivity index (χ4n) is 2.42. The second kappa shape index (κ2) is 9.06. The van der Waals surface area contributed by atoms with E-state index in [2.05, 4.69) is 75.1 Å². The predicted octanol–water partition coefficient (Wildman–Crippen LogP) is 3.13. The van der Waals surface area contributed by atoms with Crippen LogP contribution in [0.1, 0.15) is 31.9 Å². The molecule has 0 bridgehead atoms. The molecule has 0 aliphatic heterocycles. The van der Waals surface area contributed by atoms with Crippen molar-refractivity contribution in [3.05, 3.63) is 29.3 Å². The minimum Gasteiger partial charge on any atom is -0.370 e. The maximum atomic E-state index is 3.41. The van der Waals surface area contributed by atoms with Crippen LogP contribution in [0.15, 0.2) is 18.2 Å². The van der Waals surface area contributed by atoms with Gasteiger partial charge in [-0.15, -0.1) is 0 Å². The smallest absolute Gasteiger partial charge is 0.0369 e. The lowest BCUT2D eigenvalue weighted by Gasteiger charge is -2.29. The first-order valence-corrected chi connectivity index (χ1v) is 8.14. The van der Waals surface area contributed by atoms with Crippen LogP contribution in [0.3, 0.4) is 0 Å². The number of nitrogens with zero attached hydrogens (tertiary/aromatic N) is 2. The molecule has 0 unspecified atom stereocenters. The minimum absolute atomic E-state index is 0.675. The van der Waals surface area contributed by atoms with E-state index in [1.165, 1.54) is 16.8 Å². The standard InChI is InChI=1S/C18H33N3/c1-7-19-13-17-8-9-18(12-16(17)4)21(14-15(2)3)11-10-20(5)6/h8-9,12,15,19H,7,10-11,13-14H2,1-6H3. The monoisotopic (exact) mass is 291 g/mol. The lowest BCUT2D eigenvalue weighted by Crippen LogP contribution is -2.34. The lowest BCUT2D eigenvalue weighted by molar-refractivity contribution is 0.409. The largest absolute Gasteiger partial charge is 0.370 e. The molecule has 1 aromatic carbocycles. The van der Waals surface area contributed by atoms with Crippen molar-refractivity contribution < 1.29 is 0 Å². The highest BCUT2D eigenvalue weighted by Gasteiger charge is 2.10. The quantitative estimate of drug-likeness (QED) is 0.754. The van der Waals surface area contributed by atoms with Gasteiger partial charge in [0.1, 0.15) is 0 Å². The molecule has 120 valence electrons. The summed E-state index contributed by atoms with van der Waals surface area (Å²) in [6.07, 6.45) is 0. The van der Waals surface area contributed by atoms with Gasteiger partial charge in [-0.1, -0.05) is 26.8 Å². The Morgan fingerprint density at radius 2 is 1.86 bits per heavy atom. The molecular weight excluding hydrogens is 258 g/mol. The number of benzene rings is 1. The van der Waals surface area contributed by atoms with E-state index in [0.29, 0.717) is 5.92 Å². The van der Waals surface area contributed by atoms with Crippen molar-refractivity contribution in [2.75, 3.05) is 45.2 Å². The summed E-state index contributed by atoms with van der Waals surface area (Å²) in [5, 5.41) is 3.41. The van der Waals surface area contributed by atoms with Crippen LogP contribution in [0.5, 0.6) is 0 Å². The summed E-state index contributed by atoms with van der Waals surface area (Å²) >= 11 is 0. The summed E-state index contributed by atoms with van der Waals surface area (Å²) in [7, 11) is 4.27. The van der Waals surface area contributed by atoms with Crippen molar-refractivity contribution in [2.45, 2.75) is 34.2 Å². The fraction of sp³-hybridized carbons (Fsp3) is 0.667. The second-order valence-corrected chi connectivity index (χ2v) is 6.53. The first-order chi connectivity index (χ1) is 9.93. The third-order valence-electron chi connectivity index (χ3n) is 3.66. The van der Waals surface area contributed by atoms with Crippen molar-refractivity contribution in [2.24, 2.45) is 5.92 Å². The Kier molecular flexibility index (Phi) is 7.76. The molecule has 0 aliphatic rings. The molecule has 21 heavy (non-hydrogen) atoms. The molecule has 0 saturated carbocycles. The molecule has 0 aliphatic carbocycles. The Balaban J connectivity index is 2.83. The molecule has 1 rings (SSSR count). The van der Waals surface area contributed by atoms with Gasteiger partial charge < -0.3 is 15.1 Å². The third-order valence-corrected chi connectivity index (χ3v) is 3.66. The molecule has 0 atom stereocenters. The highest BCUT2D eigenvalue weighted by atomic mass is 15.2. The zero-order chi connectivity index (χ0) is 15.8. The Morgan fingerprint density at radius 3 is 2.38 bits per heavy atom. The number of nitrogens with one attached hydrogen (secondary N) is 1. The summed E-state index contributed by atoms with van der Waals surface area (Å²) < 4.78 is 0. The zero-order valence-electron chi connectivity index (χ0n) is 14.7. The molecule has 0 aromatic heterocycles. The first-order valence-electron chi connectivity index (χ1n) is 8.14. The topological polar surface area (TPSA) is 18.5 Å². The Bertz CT molecular complexity index is 413. The SMILES string of the molecule is CCNCc1ccc(N(CCN(C)C)CC(C)C)cc1C. The van der Waals surface area contributed by atoms with Crippen molar-refractivity contribution in [3.8, 4) is 0 Å². The second-order valence-electron chi connectivity index (χ2n) is 6.53. The van der Waals surface area contributed by atoms with E-state index in [-0.39, 0.29) is 0 Å². The molecule has 0 heterocycles. The van der Waals surface area contributed by atoms with Crippen molar-refractivity contribution in [1.82, 2.24) is 10.2 Å². The maximum Gasteiger partial charge on any atom is 0.0369 e. The Hall–Kier alpha value is -1.06. The van der Waals surface area contributed by atoms with Gasteiger partial charge in [-0.2, -0.15) is 0 Å². The zero-order valence-corrected chi connectivity index (χ0v) is 14.7. The number of hydrogen-bond acceptors (Lipinski definition) is 3. The molecular formula is C18H33N3.